The van der Waals surface area contributed by atoms with E-state index in [4.69, 9.17) is 10.3 Å². The highest BCUT2D eigenvalue weighted by Crippen LogP contribution is 2.60. The summed E-state index contributed by atoms with van der Waals surface area (Å²) in [6, 6.07) is 5.66. The fourth-order valence-electron chi connectivity index (χ4n) is 6.19. The van der Waals surface area contributed by atoms with Crippen LogP contribution in [0.25, 0.3) is 0 Å². The zero-order chi connectivity index (χ0) is 23.5. The number of pyridine rings is 1. The van der Waals surface area contributed by atoms with Gasteiger partial charge in [-0.3, -0.25) is 14.7 Å². The van der Waals surface area contributed by atoms with Gasteiger partial charge in [0, 0.05) is 42.0 Å². The molecule has 6 rings (SSSR count). The number of piperidine rings is 2. The van der Waals surface area contributed by atoms with Gasteiger partial charge in [0.05, 0.1) is 4.90 Å². The van der Waals surface area contributed by atoms with Crippen LogP contribution in [0.15, 0.2) is 33.8 Å². The van der Waals surface area contributed by atoms with Crippen LogP contribution in [0.2, 0.25) is 0 Å². The van der Waals surface area contributed by atoms with Crippen molar-refractivity contribution in [1.29, 1.82) is 0 Å². The maximum Gasteiger partial charge on any atom is 0.273 e. The molecule has 3 saturated heterocycles. The monoisotopic (exact) mass is 485 g/mol. The van der Waals surface area contributed by atoms with E-state index in [-0.39, 0.29) is 24.0 Å². The molecule has 0 aromatic carbocycles. The van der Waals surface area contributed by atoms with Crippen molar-refractivity contribution in [2.45, 2.75) is 91.6 Å². The van der Waals surface area contributed by atoms with Crippen molar-refractivity contribution >= 4 is 15.7 Å². The van der Waals surface area contributed by atoms with Crippen molar-refractivity contribution in [3.05, 3.63) is 41.5 Å². The van der Waals surface area contributed by atoms with E-state index in [1.807, 2.05) is 6.07 Å². The van der Waals surface area contributed by atoms with E-state index in [0.29, 0.717) is 35.9 Å². The summed E-state index contributed by atoms with van der Waals surface area (Å²) in [6.45, 7) is 0.652. The van der Waals surface area contributed by atoms with Crippen molar-refractivity contribution in [2.75, 3.05) is 6.54 Å². The molecule has 1 aliphatic carbocycles. The lowest BCUT2D eigenvalue weighted by Gasteiger charge is -2.72. The minimum Gasteiger partial charge on any atom is -0.360 e. The van der Waals surface area contributed by atoms with Crippen LogP contribution < -0.4 is 11.1 Å². The van der Waals surface area contributed by atoms with E-state index in [2.05, 4.69) is 20.4 Å². The summed E-state index contributed by atoms with van der Waals surface area (Å²) in [6.07, 6.45) is 9.12. The highest BCUT2D eigenvalue weighted by Gasteiger charge is 2.71. The first kappa shape index (κ1) is 22.2. The molecule has 9 nitrogen and oxygen atoms in total. The van der Waals surface area contributed by atoms with Crippen LogP contribution in [0.3, 0.4) is 0 Å². The number of nitrogens with one attached hydrogen (secondary N) is 1. The average molecular weight is 486 g/mol. The Hall–Kier alpha value is -2.30. The molecule has 1 saturated carbocycles. The van der Waals surface area contributed by atoms with Crippen molar-refractivity contribution in [2.24, 2.45) is 5.73 Å². The zero-order valence-corrected chi connectivity index (χ0v) is 20.0. The lowest BCUT2D eigenvalue weighted by Crippen LogP contribution is -2.84. The van der Waals surface area contributed by atoms with Crippen LogP contribution in [0.5, 0.6) is 0 Å². The molecule has 10 heteroatoms. The lowest BCUT2D eigenvalue weighted by molar-refractivity contribution is -0.176. The molecule has 182 valence electrons. The van der Waals surface area contributed by atoms with Gasteiger partial charge in [-0.2, -0.15) is 0 Å². The van der Waals surface area contributed by atoms with Crippen LogP contribution in [0, 0.1) is 0 Å². The Labute approximate surface area is 199 Å². The van der Waals surface area contributed by atoms with E-state index in [0.717, 1.165) is 56.4 Å². The molecule has 0 bridgehead atoms. The van der Waals surface area contributed by atoms with Gasteiger partial charge in [-0.15, -0.1) is 0 Å². The van der Waals surface area contributed by atoms with E-state index in [9.17, 15) is 13.2 Å². The van der Waals surface area contributed by atoms with Gasteiger partial charge in [0.25, 0.3) is 5.91 Å². The molecule has 3 aliphatic heterocycles. The number of rotatable bonds is 9. The Balaban J connectivity index is 1.08. The maximum absolute atomic E-state index is 13.5. The van der Waals surface area contributed by atoms with Crippen molar-refractivity contribution < 1.29 is 17.7 Å². The van der Waals surface area contributed by atoms with E-state index >= 15 is 0 Å². The molecule has 3 N–H and O–H groups in total. The van der Waals surface area contributed by atoms with Crippen LogP contribution in [0.1, 0.15) is 79.2 Å². The third-order valence-corrected chi connectivity index (χ3v) is 10.5. The minimum atomic E-state index is -3.50. The first-order chi connectivity index (χ1) is 16.4. The van der Waals surface area contributed by atoms with Gasteiger partial charge in [-0.25, -0.2) is 8.42 Å². The van der Waals surface area contributed by atoms with Gasteiger partial charge >= 0.3 is 0 Å². The molecule has 0 radical (unpaired) electrons. The third-order valence-electron chi connectivity index (χ3n) is 8.05. The molecular weight excluding hydrogens is 454 g/mol. The Morgan fingerprint density at radius 2 is 1.97 bits per heavy atom. The summed E-state index contributed by atoms with van der Waals surface area (Å²) in [5, 5.41) is 7.04. The van der Waals surface area contributed by atoms with Crippen molar-refractivity contribution in [3.8, 4) is 0 Å². The van der Waals surface area contributed by atoms with E-state index in [1.54, 1.807) is 12.1 Å². The molecule has 5 heterocycles. The summed E-state index contributed by atoms with van der Waals surface area (Å²) in [5.41, 5.74) is 6.78. The number of sulfone groups is 1. The molecule has 4 fully saturated rings. The largest absolute Gasteiger partial charge is 0.360 e. The first-order valence-corrected chi connectivity index (χ1v) is 13.8. The molecule has 1 amide bonds. The summed E-state index contributed by atoms with van der Waals surface area (Å²) in [5.74, 6) is 1.01. The Morgan fingerprint density at radius 1 is 1.21 bits per heavy atom. The summed E-state index contributed by atoms with van der Waals surface area (Å²) < 4.78 is 32.3. The first-order valence-electron chi connectivity index (χ1n) is 12.4. The number of aromatic nitrogens is 2. The van der Waals surface area contributed by atoms with Gasteiger partial charge in [0.15, 0.2) is 15.5 Å². The fourth-order valence-corrected chi connectivity index (χ4v) is 8.47. The van der Waals surface area contributed by atoms with Crippen molar-refractivity contribution in [3.63, 3.8) is 0 Å². The maximum atomic E-state index is 13.5. The summed E-state index contributed by atoms with van der Waals surface area (Å²) in [7, 11) is -3.50. The zero-order valence-electron chi connectivity index (χ0n) is 19.2. The Bertz CT molecular complexity index is 1170. The minimum absolute atomic E-state index is 0.0234. The number of nitrogens with two attached hydrogens (primary N) is 1. The number of unbranched alkanes of at least 4 members (excludes halogenated alkanes) is 1. The molecular formula is C24H31N5O4S. The molecule has 2 unspecified atom stereocenters. The highest BCUT2D eigenvalue weighted by atomic mass is 32.2. The van der Waals surface area contributed by atoms with Gasteiger partial charge in [0.1, 0.15) is 10.6 Å². The number of amides is 1. The number of carbonyl (C=O) groups is 1. The van der Waals surface area contributed by atoms with E-state index < -0.39 is 14.7 Å². The smallest absolute Gasteiger partial charge is 0.273 e. The molecule has 34 heavy (non-hydrogen) atoms. The third kappa shape index (κ3) is 3.49. The average Bonchev–Trinajstić information content (AvgIpc) is 3.52. The fraction of sp³-hybridized carbons (Fsp3) is 0.625. The molecule has 4 aliphatic rings. The second-order valence-corrected chi connectivity index (χ2v) is 12.6. The lowest BCUT2D eigenvalue weighted by atomic mass is 9.67. The van der Waals surface area contributed by atoms with Crippen molar-refractivity contribution in [1.82, 2.24) is 20.4 Å². The summed E-state index contributed by atoms with van der Waals surface area (Å²) >= 11 is 0. The van der Waals surface area contributed by atoms with Gasteiger partial charge in [0.2, 0.25) is 0 Å². The molecule has 2 aromatic rings. The number of nitrogens with zero attached hydrogens (tertiary/aromatic N) is 3. The highest BCUT2D eigenvalue weighted by molar-refractivity contribution is 7.93. The topological polar surface area (TPSA) is 131 Å². The van der Waals surface area contributed by atoms with E-state index in [1.165, 1.54) is 6.20 Å². The molecule has 2 aromatic heterocycles. The standard InChI is InChI=1S/C24H31N5O4S/c25-8-2-1-3-16-6-7-20(14-26-16)34(31,32)24-12-18-9-17(10-19(13-24)29(18)24)27-23(30)21-11-22(33-28-21)15-4-5-15/h6-7,11,14-15,17-19H,1-5,8-10,12-13,25H2,(H,27,30). The Kier molecular flexibility index (Phi) is 5.31. The van der Waals surface area contributed by atoms with Crippen LogP contribution in [-0.4, -0.2) is 58.9 Å². The number of carbonyl (C=O) groups excluding carboxylic acids is 1. The predicted molar refractivity (Wildman–Crippen MR) is 124 cm³/mol. The van der Waals surface area contributed by atoms with Crippen LogP contribution in [0.4, 0.5) is 0 Å². The molecule has 0 spiro atoms. The SMILES string of the molecule is NCCCCc1ccc(S(=O)(=O)C23CC4CC(NC(=O)c5cc(C6CC6)on5)CC(C2)N43)cn1. The number of hydrogen-bond acceptors (Lipinski definition) is 8. The normalized spacial score (nSPS) is 30.2. The number of aryl methyl sites for hydroxylation is 1. The van der Waals surface area contributed by atoms with Gasteiger partial charge in [-0.05, 0) is 76.5 Å². The quantitative estimate of drug-likeness (QED) is 0.517. The van der Waals surface area contributed by atoms with Crippen LogP contribution in [-0.2, 0) is 16.3 Å². The second kappa shape index (κ2) is 8.13. The Morgan fingerprint density at radius 3 is 2.62 bits per heavy atom. The van der Waals surface area contributed by atoms with Crippen LogP contribution >= 0.6 is 0 Å². The second-order valence-electron chi connectivity index (χ2n) is 10.3. The summed E-state index contributed by atoms with van der Waals surface area (Å²) in [4.78, 5) is 18.7. The van der Waals surface area contributed by atoms with Gasteiger partial charge < -0.3 is 15.6 Å². The van der Waals surface area contributed by atoms with Gasteiger partial charge in [-0.1, -0.05) is 5.16 Å². The number of hydrogen-bond donors (Lipinski definition) is 2. The molecule has 2 atom stereocenters. The predicted octanol–water partition coefficient (Wildman–Crippen LogP) is 2.14.